The monoisotopic (exact) mass is 454 g/mol. The van der Waals surface area contributed by atoms with Gasteiger partial charge in [-0.15, -0.1) is 0 Å². The normalized spacial score (nSPS) is 15.3. The predicted molar refractivity (Wildman–Crippen MR) is 125 cm³/mol. The molecule has 1 aliphatic carbocycles. The first-order valence-corrected chi connectivity index (χ1v) is 11.3. The van der Waals surface area contributed by atoms with Crippen LogP contribution in [-0.2, 0) is 11.2 Å². The number of halogens is 1. The van der Waals surface area contributed by atoms with Crippen molar-refractivity contribution < 1.29 is 14.2 Å². The standard InChI is InChI=1S/C24H27ClN4O3/c1-30-21-15-19-16(13-22(21)32-9-3-6-29-7-10-31-11-8-29)12-20-23(19)27-28-24(20)26-18-5-2-4-17(25)14-18/h2,4-5,13-15H,3,6-12H2,1H3,(H2,26,27,28). The van der Waals surface area contributed by atoms with E-state index in [0.717, 1.165) is 85.5 Å². The second-order valence-electron chi connectivity index (χ2n) is 8.05. The molecule has 2 aliphatic rings. The number of aromatic nitrogens is 2. The molecule has 0 saturated carbocycles. The first-order chi connectivity index (χ1) is 15.7. The number of nitrogens with zero attached hydrogens (tertiary/aromatic N) is 2. The molecule has 1 fully saturated rings. The van der Waals surface area contributed by atoms with E-state index in [0.29, 0.717) is 11.6 Å². The Morgan fingerprint density at radius 1 is 1.19 bits per heavy atom. The fourth-order valence-electron chi connectivity index (χ4n) is 4.30. The van der Waals surface area contributed by atoms with Crippen LogP contribution >= 0.6 is 11.6 Å². The molecular formula is C24H27ClN4O3. The molecule has 168 valence electrons. The molecule has 1 saturated heterocycles. The Bertz CT molecular complexity index is 1090. The molecule has 5 rings (SSSR count). The topological polar surface area (TPSA) is 71.6 Å². The lowest BCUT2D eigenvalue weighted by Crippen LogP contribution is -2.37. The van der Waals surface area contributed by atoms with Crippen LogP contribution < -0.4 is 14.8 Å². The summed E-state index contributed by atoms with van der Waals surface area (Å²) in [6.07, 6.45) is 1.74. The van der Waals surface area contributed by atoms with Gasteiger partial charge >= 0.3 is 0 Å². The van der Waals surface area contributed by atoms with Crippen LogP contribution in [0.1, 0.15) is 17.5 Å². The van der Waals surface area contributed by atoms with E-state index in [1.165, 1.54) is 5.56 Å². The number of hydrogen-bond acceptors (Lipinski definition) is 6. The van der Waals surface area contributed by atoms with Crippen molar-refractivity contribution in [3.8, 4) is 22.8 Å². The number of morpholine rings is 1. The number of benzene rings is 2. The van der Waals surface area contributed by atoms with E-state index in [1.54, 1.807) is 7.11 Å². The van der Waals surface area contributed by atoms with E-state index >= 15 is 0 Å². The fraction of sp³-hybridized carbons (Fsp3) is 0.375. The van der Waals surface area contributed by atoms with Crippen LogP contribution in [0.2, 0.25) is 5.02 Å². The van der Waals surface area contributed by atoms with Gasteiger partial charge in [0.2, 0.25) is 0 Å². The highest BCUT2D eigenvalue weighted by Gasteiger charge is 2.27. The van der Waals surface area contributed by atoms with Crippen LogP contribution in [0.5, 0.6) is 11.5 Å². The summed E-state index contributed by atoms with van der Waals surface area (Å²) in [5.41, 5.74) is 5.26. The molecule has 0 atom stereocenters. The molecule has 0 amide bonds. The van der Waals surface area contributed by atoms with E-state index in [4.69, 9.17) is 25.8 Å². The van der Waals surface area contributed by atoms with Crippen molar-refractivity contribution in [1.29, 1.82) is 0 Å². The summed E-state index contributed by atoms with van der Waals surface area (Å²) in [4.78, 5) is 2.42. The minimum absolute atomic E-state index is 0.652. The third-order valence-electron chi connectivity index (χ3n) is 5.95. The molecule has 0 bridgehead atoms. The van der Waals surface area contributed by atoms with Crippen molar-refractivity contribution >= 4 is 23.1 Å². The van der Waals surface area contributed by atoms with Crippen molar-refractivity contribution in [2.45, 2.75) is 12.8 Å². The van der Waals surface area contributed by atoms with Gasteiger partial charge in [-0.2, -0.15) is 5.10 Å². The molecule has 2 heterocycles. The van der Waals surface area contributed by atoms with Crippen molar-refractivity contribution in [3.63, 3.8) is 0 Å². The summed E-state index contributed by atoms with van der Waals surface area (Å²) < 4.78 is 17.2. The maximum Gasteiger partial charge on any atom is 0.161 e. The Labute approximate surface area is 192 Å². The van der Waals surface area contributed by atoms with Crippen LogP contribution in [-0.4, -0.2) is 61.7 Å². The van der Waals surface area contributed by atoms with Gasteiger partial charge in [0.1, 0.15) is 5.82 Å². The minimum atomic E-state index is 0.652. The number of aromatic amines is 1. The second kappa shape index (κ2) is 9.40. The van der Waals surface area contributed by atoms with Crippen LogP contribution in [0.15, 0.2) is 36.4 Å². The van der Waals surface area contributed by atoms with Gasteiger partial charge in [0.05, 0.1) is 32.6 Å². The molecular weight excluding hydrogens is 428 g/mol. The number of fused-ring (bicyclic) bond motifs is 3. The second-order valence-corrected chi connectivity index (χ2v) is 8.49. The Hall–Kier alpha value is -2.74. The van der Waals surface area contributed by atoms with E-state index in [1.807, 2.05) is 30.3 Å². The number of rotatable bonds is 8. The summed E-state index contributed by atoms with van der Waals surface area (Å²) in [5.74, 6) is 2.40. The van der Waals surface area contributed by atoms with Crippen molar-refractivity contribution in [3.05, 3.63) is 52.5 Å². The van der Waals surface area contributed by atoms with Crippen molar-refractivity contribution in [2.75, 3.05) is 51.9 Å². The smallest absolute Gasteiger partial charge is 0.161 e. The van der Waals surface area contributed by atoms with Gasteiger partial charge in [0, 0.05) is 47.9 Å². The molecule has 7 nitrogen and oxygen atoms in total. The van der Waals surface area contributed by atoms with E-state index < -0.39 is 0 Å². The van der Waals surface area contributed by atoms with E-state index in [-0.39, 0.29) is 0 Å². The molecule has 3 aromatic rings. The molecule has 0 spiro atoms. The van der Waals surface area contributed by atoms with Gasteiger partial charge in [-0.05, 0) is 42.3 Å². The van der Waals surface area contributed by atoms with Gasteiger partial charge < -0.3 is 19.5 Å². The van der Waals surface area contributed by atoms with Crippen LogP contribution in [0.4, 0.5) is 11.5 Å². The lowest BCUT2D eigenvalue weighted by Gasteiger charge is -2.26. The Kier molecular flexibility index (Phi) is 6.21. The van der Waals surface area contributed by atoms with Gasteiger partial charge in [-0.25, -0.2) is 0 Å². The average molecular weight is 455 g/mol. The lowest BCUT2D eigenvalue weighted by atomic mass is 10.1. The largest absolute Gasteiger partial charge is 0.493 e. The summed E-state index contributed by atoms with van der Waals surface area (Å²) in [6.45, 7) is 5.31. The molecule has 1 aliphatic heterocycles. The lowest BCUT2D eigenvalue weighted by molar-refractivity contribution is 0.0357. The van der Waals surface area contributed by atoms with Crippen molar-refractivity contribution in [1.82, 2.24) is 15.1 Å². The van der Waals surface area contributed by atoms with Crippen LogP contribution in [0, 0.1) is 0 Å². The SMILES string of the molecule is COc1cc2c(cc1OCCCN1CCOCC1)Cc1c-2n[nH]c1Nc1cccc(Cl)c1. The zero-order chi connectivity index (χ0) is 21.9. The molecule has 0 radical (unpaired) electrons. The van der Waals surface area contributed by atoms with Crippen LogP contribution in [0.25, 0.3) is 11.3 Å². The fourth-order valence-corrected chi connectivity index (χ4v) is 4.49. The van der Waals surface area contributed by atoms with Gasteiger partial charge in [-0.1, -0.05) is 17.7 Å². The summed E-state index contributed by atoms with van der Waals surface area (Å²) in [7, 11) is 1.68. The maximum atomic E-state index is 6.12. The number of methoxy groups -OCH3 is 1. The number of anilines is 2. The third kappa shape index (κ3) is 4.41. The first-order valence-electron chi connectivity index (χ1n) is 11.0. The zero-order valence-corrected chi connectivity index (χ0v) is 18.9. The molecule has 8 heteroatoms. The molecule has 0 unspecified atom stereocenters. The van der Waals surface area contributed by atoms with Gasteiger partial charge in [0.15, 0.2) is 11.5 Å². The molecule has 2 N–H and O–H groups in total. The molecule has 32 heavy (non-hydrogen) atoms. The molecule has 1 aromatic heterocycles. The zero-order valence-electron chi connectivity index (χ0n) is 18.1. The van der Waals surface area contributed by atoms with Crippen LogP contribution in [0.3, 0.4) is 0 Å². The van der Waals surface area contributed by atoms with Crippen molar-refractivity contribution in [2.24, 2.45) is 0 Å². The third-order valence-corrected chi connectivity index (χ3v) is 6.19. The number of H-pyrrole nitrogens is 1. The highest BCUT2D eigenvalue weighted by Crippen LogP contribution is 2.44. The first kappa shape index (κ1) is 21.1. The molecule has 2 aromatic carbocycles. The number of ether oxygens (including phenoxy) is 3. The summed E-state index contributed by atoms with van der Waals surface area (Å²) in [6, 6.07) is 11.8. The van der Waals surface area contributed by atoms with Gasteiger partial charge in [-0.3, -0.25) is 10.00 Å². The average Bonchev–Trinajstić information content (AvgIpc) is 3.36. The number of hydrogen-bond donors (Lipinski definition) is 2. The van der Waals surface area contributed by atoms with E-state index in [2.05, 4.69) is 26.5 Å². The Morgan fingerprint density at radius 2 is 2.06 bits per heavy atom. The Balaban J connectivity index is 1.27. The maximum absolute atomic E-state index is 6.12. The quantitative estimate of drug-likeness (QED) is 0.382. The van der Waals surface area contributed by atoms with E-state index in [9.17, 15) is 0 Å². The predicted octanol–water partition coefficient (Wildman–Crippen LogP) is 4.49. The summed E-state index contributed by atoms with van der Waals surface area (Å²) in [5, 5.41) is 11.8. The van der Waals surface area contributed by atoms with Gasteiger partial charge in [0.25, 0.3) is 0 Å². The Morgan fingerprint density at radius 3 is 2.88 bits per heavy atom. The minimum Gasteiger partial charge on any atom is -0.493 e. The highest BCUT2D eigenvalue weighted by molar-refractivity contribution is 6.30. The highest BCUT2D eigenvalue weighted by atomic mass is 35.5. The summed E-state index contributed by atoms with van der Waals surface area (Å²) >= 11 is 6.12. The number of nitrogens with one attached hydrogen (secondary N) is 2.